The fourth-order valence-corrected chi connectivity index (χ4v) is 2.00. The summed E-state index contributed by atoms with van der Waals surface area (Å²) in [7, 11) is 0. The SMILES string of the molecule is C/C(=N/Nc1ccc(F)cc1F)c1ccc(C)cc1C. The van der Waals surface area contributed by atoms with Gasteiger partial charge in [-0.15, -0.1) is 0 Å². The van der Waals surface area contributed by atoms with Gasteiger partial charge in [0.25, 0.3) is 0 Å². The maximum Gasteiger partial charge on any atom is 0.151 e. The van der Waals surface area contributed by atoms with Crippen LogP contribution in [0.1, 0.15) is 23.6 Å². The van der Waals surface area contributed by atoms with Crippen molar-refractivity contribution in [2.45, 2.75) is 20.8 Å². The van der Waals surface area contributed by atoms with Crippen LogP contribution < -0.4 is 5.43 Å². The molecule has 0 aliphatic carbocycles. The van der Waals surface area contributed by atoms with Gasteiger partial charge in [0.2, 0.25) is 0 Å². The molecule has 0 aliphatic heterocycles. The van der Waals surface area contributed by atoms with Crippen molar-refractivity contribution < 1.29 is 8.78 Å². The van der Waals surface area contributed by atoms with Crippen LogP contribution in [0.3, 0.4) is 0 Å². The normalized spacial score (nSPS) is 11.6. The summed E-state index contributed by atoms with van der Waals surface area (Å²) < 4.78 is 26.3. The van der Waals surface area contributed by atoms with Crippen molar-refractivity contribution in [1.82, 2.24) is 0 Å². The van der Waals surface area contributed by atoms with E-state index in [1.54, 1.807) is 0 Å². The maximum absolute atomic E-state index is 13.5. The number of hydrogen-bond acceptors (Lipinski definition) is 2. The van der Waals surface area contributed by atoms with Crippen LogP contribution in [0.15, 0.2) is 41.5 Å². The third-order valence-electron chi connectivity index (χ3n) is 3.05. The van der Waals surface area contributed by atoms with Crippen LogP contribution in [0.2, 0.25) is 0 Å². The lowest BCUT2D eigenvalue weighted by molar-refractivity contribution is 0.585. The lowest BCUT2D eigenvalue weighted by Gasteiger charge is -2.08. The first-order chi connectivity index (χ1) is 9.47. The van der Waals surface area contributed by atoms with E-state index in [9.17, 15) is 8.78 Å². The Labute approximate surface area is 117 Å². The molecule has 0 bridgehead atoms. The minimum atomic E-state index is -0.665. The van der Waals surface area contributed by atoms with Gasteiger partial charge in [-0.25, -0.2) is 8.78 Å². The third-order valence-corrected chi connectivity index (χ3v) is 3.05. The molecule has 0 heterocycles. The van der Waals surface area contributed by atoms with E-state index < -0.39 is 11.6 Å². The molecule has 0 amide bonds. The second-order valence-corrected chi connectivity index (χ2v) is 4.75. The van der Waals surface area contributed by atoms with Gasteiger partial charge in [-0.1, -0.05) is 23.8 Å². The third kappa shape index (κ3) is 3.20. The van der Waals surface area contributed by atoms with E-state index in [1.165, 1.54) is 17.7 Å². The second-order valence-electron chi connectivity index (χ2n) is 4.75. The number of nitrogens with one attached hydrogen (secondary N) is 1. The molecule has 0 fully saturated rings. The molecule has 0 spiro atoms. The molecule has 2 aromatic carbocycles. The predicted molar refractivity (Wildman–Crippen MR) is 78.1 cm³/mol. The molecule has 0 saturated heterocycles. The molecule has 20 heavy (non-hydrogen) atoms. The van der Waals surface area contributed by atoms with Gasteiger partial charge < -0.3 is 0 Å². The van der Waals surface area contributed by atoms with Gasteiger partial charge in [0.05, 0.1) is 11.4 Å². The number of halogens is 2. The Balaban J connectivity index is 2.22. The first kappa shape index (κ1) is 14.2. The largest absolute Gasteiger partial charge is 0.275 e. The van der Waals surface area contributed by atoms with Crippen molar-refractivity contribution in [2.24, 2.45) is 5.10 Å². The molecule has 0 unspecified atom stereocenters. The van der Waals surface area contributed by atoms with Gasteiger partial charge in [-0.2, -0.15) is 5.10 Å². The van der Waals surface area contributed by atoms with Crippen molar-refractivity contribution in [1.29, 1.82) is 0 Å². The number of anilines is 1. The average Bonchev–Trinajstić information content (AvgIpc) is 2.37. The highest BCUT2D eigenvalue weighted by Gasteiger charge is 2.05. The molecule has 0 aliphatic rings. The molecular formula is C16H16F2N2. The van der Waals surface area contributed by atoms with Crippen LogP contribution in [-0.2, 0) is 0 Å². The first-order valence-corrected chi connectivity index (χ1v) is 6.30. The first-order valence-electron chi connectivity index (χ1n) is 6.30. The van der Waals surface area contributed by atoms with E-state index in [-0.39, 0.29) is 5.69 Å². The zero-order valence-electron chi connectivity index (χ0n) is 11.7. The van der Waals surface area contributed by atoms with Crippen molar-refractivity contribution in [3.8, 4) is 0 Å². The van der Waals surface area contributed by atoms with Crippen molar-refractivity contribution in [3.63, 3.8) is 0 Å². The highest BCUT2D eigenvalue weighted by molar-refractivity contribution is 6.00. The van der Waals surface area contributed by atoms with Gasteiger partial charge in [-0.3, -0.25) is 5.43 Å². The minimum absolute atomic E-state index is 0.149. The lowest BCUT2D eigenvalue weighted by Crippen LogP contribution is -2.03. The summed E-state index contributed by atoms with van der Waals surface area (Å²) in [5.74, 6) is -1.27. The van der Waals surface area contributed by atoms with Gasteiger partial charge in [0.1, 0.15) is 5.82 Å². The number of benzene rings is 2. The van der Waals surface area contributed by atoms with Crippen molar-refractivity contribution >= 4 is 11.4 Å². The Kier molecular flexibility index (Phi) is 4.13. The zero-order chi connectivity index (χ0) is 14.7. The molecule has 2 nitrogen and oxygen atoms in total. The molecule has 2 rings (SSSR count). The Morgan fingerprint density at radius 2 is 1.80 bits per heavy atom. The van der Waals surface area contributed by atoms with Gasteiger partial charge in [0, 0.05) is 11.6 Å². The van der Waals surface area contributed by atoms with E-state index >= 15 is 0 Å². The summed E-state index contributed by atoms with van der Waals surface area (Å²) in [5, 5.41) is 4.15. The summed E-state index contributed by atoms with van der Waals surface area (Å²) >= 11 is 0. The Bertz CT molecular complexity index is 664. The molecular weight excluding hydrogens is 258 g/mol. The average molecular weight is 274 g/mol. The topological polar surface area (TPSA) is 24.4 Å². The molecule has 0 atom stereocenters. The van der Waals surface area contributed by atoms with Crippen LogP contribution in [0.25, 0.3) is 0 Å². The summed E-state index contributed by atoms with van der Waals surface area (Å²) in [4.78, 5) is 0. The highest BCUT2D eigenvalue weighted by atomic mass is 19.1. The quantitative estimate of drug-likeness (QED) is 0.650. The van der Waals surface area contributed by atoms with E-state index in [4.69, 9.17) is 0 Å². The molecule has 0 radical (unpaired) electrons. The number of nitrogens with zero attached hydrogens (tertiary/aromatic N) is 1. The molecule has 0 aromatic heterocycles. The smallest absolute Gasteiger partial charge is 0.151 e. The van der Waals surface area contributed by atoms with Crippen LogP contribution in [-0.4, -0.2) is 5.71 Å². The van der Waals surface area contributed by atoms with Crippen molar-refractivity contribution in [2.75, 3.05) is 5.43 Å². The number of hydrogen-bond donors (Lipinski definition) is 1. The monoisotopic (exact) mass is 274 g/mol. The van der Waals surface area contributed by atoms with Crippen LogP contribution in [0.5, 0.6) is 0 Å². The fourth-order valence-electron chi connectivity index (χ4n) is 2.00. The summed E-state index contributed by atoms with van der Waals surface area (Å²) in [5.41, 5.74) is 6.79. The maximum atomic E-state index is 13.5. The fraction of sp³-hybridized carbons (Fsp3) is 0.188. The Hall–Kier alpha value is -2.23. The molecule has 4 heteroatoms. The number of aryl methyl sites for hydroxylation is 2. The van der Waals surface area contributed by atoms with Crippen LogP contribution in [0, 0.1) is 25.5 Å². The highest BCUT2D eigenvalue weighted by Crippen LogP contribution is 2.16. The summed E-state index contributed by atoms with van der Waals surface area (Å²) in [6, 6.07) is 9.38. The molecule has 104 valence electrons. The minimum Gasteiger partial charge on any atom is -0.275 e. The van der Waals surface area contributed by atoms with Gasteiger partial charge in [0.15, 0.2) is 5.82 Å². The van der Waals surface area contributed by atoms with E-state index in [1.807, 2.05) is 32.9 Å². The Morgan fingerprint density at radius 3 is 2.45 bits per heavy atom. The lowest BCUT2D eigenvalue weighted by atomic mass is 10.0. The van der Waals surface area contributed by atoms with Gasteiger partial charge in [-0.05, 0) is 38.5 Å². The van der Waals surface area contributed by atoms with Gasteiger partial charge >= 0.3 is 0 Å². The number of rotatable bonds is 3. The number of hydrazone groups is 1. The van der Waals surface area contributed by atoms with E-state index in [2.05, 4.69) is 16.6 Å². The zero-order valence-corrected chi connectivity index (χ0v) is 11.7. The van der Waals surface area contributed by atoms with Crippen LogP contribution in [0.4, 0.5) is 14.5 Å². The predicted octanol–water partition coefficient (Wildman–Crippen LogP) is 4.42. The standard InChI is InChI=1S/C16H16F2N2/c1-10-4-6-14(11(2)8-10)12(3)19-20-16-7-5-13(17)9-15(16)18/h4-9,20H,1-3H3/b19-12-. The summed E-state index contributed by atoms with van der Waals surface area (Å²) in [6.45, 7) is 5.86. The Morgan fingerprint density at radius 1 is 1.05 bits per heavy atom. The molecule has 0 saturated carbocycles. The molecule has 1 N–H and O–H groups in total. The van der Waals surface area contributed by atoms with Crippen molar-refractivity contribution in [3.05, 3.63) is 64.7 Å². The molecule has 2 aromatic rings. The second kappa shape index (κ2) is 5.82. The van der Waals surface area contributed by atoms with E-state index in [0.29, 0.717) is 0 Å². The van der Waals surface area contributed by atoms with Crippen LogP contribution >= 0.6 is 0 Å². The summed E-state index contributed by atoms with van der Waals surface area (Å²) in [6.07, 6.45) is 0. The van der Waals surface area contributed by atoms with E-state index in [0.717, 1.165) is 22.9 Å².